The van der Waals surface area contributed by atoms with Gasteiger partial charge in [0.05, 0.1) is 11.1 Å². The molecule has 0 saturated heterocycles. The van der Waals surface area contributed by atoms with Gasteiger partial charge >= 0.3 is 5.97 Å². The first-order valence-electron chi connectivity index (χ1n) is 5.99. The minimum Gasteiger partial charge on any atom is -0.504 e. The maximum Gasteiger partial charge on any atom is 0.340 e. The number of aromatic hydroxyl groups is 2. The Morgan fingerprint density at radius 3 is 2.67 bits per heavy atom. The van der Waals surface area contributed by atoms with Crippen molar-refractivity contribution in [2.24, 2.45) is 0 Å². The molecule has 7 heteroatoms. The molecule has 0 spiro atoms. The molecule has 1 aliphatic rings. The molecule has 0 unspecified atom stereocenters. The molecule has 1 aromatic heterocycles. The quantitative estimate of drug-likeness (QED) is 0.683. The number of aryl methyl sites for hydroxylation is 1. The number of phenols is 2. The summed E-state index contributed by atoms with van der Waals surface area (Å²) in [4.78, 5) is 23.3. The minimum absolute atomic E-state index is 0.0314. The molecular weight excluding hydrogens is 280 g/mol. The van der Waals surface area contributed by atoms with Crippen LogP contribution in [0.3, 0.4) is 0 Å². The number of rotatable bonds is 1. The fourth-order valence-corrected chi connectivity index (χ4v) is 2.31. The van der Waals surface area contributed by atoms with E-state index in [1.165, 1.54) is 6.07 Å². The SMILES string of the molecule is Cc1cc(=O)c2c(o1)-c1c(cc(O)c(O)c1C(=O)O)OC2. The number of fused-ring (bicyclic) bond motifs is 3. The number of phenolic OH excluding ortho intramolecular Hbond substituents is 1. The van der Waals surface area contributed by atoms with E-state index in [0.29, 0.717) is 5.76 Å². The second kappa shape index (κ2) is 4.27. The topological polar surface area (TPSA) is 117 Å². The van der Waals surface area contributed by atoms with E-state index in [1.54, 1.807) is 6.92 Å². The lowest BCUT2D eigenvalue weighted by Crippen LogP contribution is -2.18. The number of hydrogen-bond donors (Lipinski definition) is 3. The summed E-state index contributed by atoms with van der Waals surface area (Å²) in [7, 11) is 0. The largest absolute Gasteiger partial charge is 0.504 e. The fourth-order valence-electron chi connectivity index (χ4n) is 2.31. The first-order valence-corrected chi connectivity index (χ1v) is 5.99. The Labute approximate surface area is 117 Å². The first-order chi connectivity index (χ1) is 9.90. The average Bonchev–Trinajstić information content (AvgIpc) is 2.39. The Morgan fingerprint density at radius 1 is 1.29 bits per heavy atom. The van der Waals surface area contributed by atoms with Gasteiger partial charge < -0.3 is 24.5 Å². The van der Waals surface area contributed by atoms with E-state index in [1.807, 2.05) is 0 Å². The van der Waals surface area contributed by atoms with Crippen molar-refractivity contribution < 1.29 is 29.3 Å². The molecule has 0 fully saturated rings. The normalized spacial score (nSPS) is 12.2. The van der Waals surface area contributed by atoms with Gasteiger partial charge in [0, 0.05) is 12.1 Å². The Morgan fingerprint density at radius 2 is 2.00 bits per heavy atom. The molecule has 0 bridgehead atoms. The number of carbonyl (C=O) groups is 1. The average molecular weight is 290 g/mol. The second-order valence-corrected chi connectivity index (χ2v) is 4.62. The van der Waals surface area contributed by atoms with E-state index in [4.69, 9.17) is 9.15 Å². The molecule has 2 heterocycles. The molecule has 108 valence electrons. The zero-order valence-corrected chi connectivity index (χ0v) is 10.8. The van der Waals surface area contributed by atoms with Gasteiger partial charge in [-0.2, -0.15) is 0 Å². The van der Waals surface area contributed by atoms with E-state index in [9.17, 15) is 24.9 Å². The Balaban J connectivity index is 2.46. The minimum atomic E-state index is -1.47. The van der Waals surface area contributed by atoms with Gasteiger partial charge in [0.2, 0.25) is 0 Å². The van der Waals surface area contributed by atoms with Gasteiger partial charge in [0.25, 0.3) is 0 Å². The van der Waals surface area contributed by atoms with Crippen molar-refractivity contribution >= 4 is 5.97 Å². The summed E-state index contributed by atoms with van der Waals surface area (Å²) in [6.07, 6.45) is 0. The van der Waals surface area contributed by atoms with E-state index in [2.05, 4.69) is 0 Å². The van der Waals surface area contributed by atoms with Crippen molar-refractivity contribution in [1.29, 1.82) is 0 Å². The molecular formula is C14H10O7. The third-order valence-electron chi connectivity index (χ3n) is 3.23. The number of aromatic carboxylic acids is 1. The maximum absolute atomic E-state index is 11.9. The van der Waals surface area contributed by atoms with Gasteiger partial charge in [0.1, 0.15) is 29.4 Å². The van der Waals surface area contributed by atoms with Crippen LogP contribution in [0.15, 0.2) is 21.3 Å². The third kappa shape index (κ3) is 1.82. The van der Waals surface area contributed by atoms with Crippen molar-refractivity contribution in [3.8, 4) is 28.6 Å². The number of hydrogen-bond acceptors (Lipinski definition) is 6. The zero-order valence-electron chi connectivity index (χ0n) is 10.8. The summed E-state index contributed by atoms with van der Waals surface area (Å²) in [5.41, 5.74) is -0.802. The highest BCUT2D eigenvalue weighted by atomic mass is 16.5. The van der Waals surface area contributed by atoms with Crippen LogP contribution in [0, 0.1) is 6.92 Å². The highest BCUT2D eigenvalue weighted by Gasteiger charge is 2.32. The lowest BCUT2D eigenvalue weighted by molar-refractivity contribution is 0.0692. The maximum atomic E-state index is 11.9. The number of carboxylic acids is 1. The third-order valence-corrected chi connectivity index (χ3v) is 3.23. The predicted octanol–water partition coefficient (Wildman–Crippen LogP) is 1.62. The van der Waals surface area contributed by atoms with Gasteiger partial charge in [-0.25, -0.2) is 4.79 Å². The summed E-state index contributed by atoms with van der Waals surface area (Å²) in [5.74, 6) is -2.53. The number of benzene rings is 1. The van der Waals surface area contributed by atoms with Gasteiger partial charge in [-0.1, -0.05) is 0 Å². The van der Waals surface area contributed by atoms with Crippen LogP contribution in [-0.2, 0) is 6.61 Å². The fraction of sp³-hybridized carbons (Fsp3) is 0.143. The van der Waals surface area contributed by atoms with Gasteiger partial charge in [-0.15, -0.1) is 0 Å². The van der Waals surface area contributed by atoms with Gasteiger partial charge in [-0.05, 0) is 6.92 Å². The molecule has 1 aromatic carbocycles. The summed E-state index contributed by atoms with van der Waals surface area (Å²) < 4.78 is 10.8. The first kappa shape index (κ1) is 13.0. The summed E-state index contributed by atoms with van der Waals surface area (Å²) in [6.45, 7) is 1.45. The van der Waals surface area contributed by atoms with Crippen molar-refractivity contribution in [1.82, 2.24) is 0 Å². The van der Waals surface area contributed by atoms with E-state index in [-0.39, 0.29) is 34.7 Å². The number of carboxylic acid groups (broad SMARTS) is 1. The Bertz CT molecular complexity index is 832. The van der Waals surface area contributed by atoms with Crippen LogP contribution < -0.4 is 10.2 Å². The van der Waals surface area contributed by atoms with Crippen LogP contribution in [0.5, 0.6) is 17.2 Å². The van der Waals surface area contributed by atoms with Crippen LogP contribution in [0.25, 0.3) is 11.3 Å². The van der Waals surface area contributed by atoms with Crippen LogP contribution in [-0.4, -0.2) is 21.3 Å². The summed E-state index contributed by atoms with van der Waals surface area (Å²) in [5, 5.41) is 28.6. The molecule has 0 aliphatic carbocycles. The smallest absolute Gasteiger partial charge is 0.340 e. The van der Waals surface area contributed by atoms with E-state index < -0.39 is 23.0 Å². The molecule has 0 saturated carbocycles. The van der Waals surface area contributed by atoms with Crippen LogP contribution >= 0.6 is 0 Å². The van der Waals surface area contributed by atoms with Gasteiger partial charge in [-0.3, -0.25) is 4.79 Å². The van der Waals surface area contributed by atoms with Crippen molar-refractivity contribution in [3.63, 3.8) is 0 Å². The lowest BCUT2D eigenvalue weighted by atomic mass is 9.97. The molecule has 0 amide bonds. The van der Waals surface area contributed by atoms with Crippen molar-refractivity contribution in [2.75, 3.05) is 0 Å². The standard InChI is InChI=1S/C14H10O7/c1-5-2-7(15)6-4-20-9-3-8(16)12(17)11(14(18)19)10(9)13(6)21-5/h2-3,16-17H,4H2,1H3,(H,18,19). The molecule has 0 atom stereocenters. The number of ether oxygens (including phenoxy) is 1. The molecule has 0 radical (unpaired) electrons. The van der Waals surface area contributed by atoms with E-state index >= 15 is 0 Å². The lowest BCUT2D eigenvalue weighted by Gasteiger charge is -2.21. The van der Waals surface area contributed by atoms with Crippen LogP contribution in [0.2, 0.25) is 0 Å². The molecule has 21 heavy (non-hydrogen) atoms. The Kier molecular flexibility index (Phi) is 2.65. The van der Waals surface area contributed by atoms with Crippen molar-refractivity contribution in [2.45, 2.75) is 13.5 Å². The highest BCUT2D eigenvalue weighted by Crippen LogP contribution is 2.46. The summed E-state index contributed by atoms with van der Waals surface area (Å²) >= 11 is 0. The molecule has 7 nitrogen and oxygen atoms in total. The second-order valence-electron chi connectivity index (χ2n) is 4.62. The van der Waals surface area contributed by atoms with Crippen molar-refractivity contribution in [3.05, 3.63) is 39.2 Å². The summed E-state index contributed by atoms with van der Waals surface area (Å²) in [6, 6.07) is 2.36. The predicted molar refractivity (Wildman–Crippen MR) is 69.8 cm³/mol. The Hall–Kier alpha value is -2.96. The zero-order chi connectivity index (χ0) is 15.3. The van der Waals surface area contributed by atoms with Crippen LogP contribution in [0.1, 0.15) is 21.7 Å². The highest BCUT2D eigenvalue weighted by molar-refractivity contribution is 6.01. The molecule has 3 N–H and O–H groups in total. The molecule has 2 aromatic rings. The van der Waals surface area contributed by atoms with E-state index in [0.717, 1.165) is 6.07 Å². The monoisotopic (exact) mass is 290 g/mol. The van der Waals surface area contributed by atoms with Crippen LogP contribution in [0.4, 0.5) is 0 Å². The van der Waals surface area contributed by atoms with Gasteiger partial charge in [0.15, 0.2) is 16.9 Å². The molecule has 3 rings (SSSR count). The molecule has 1 aliphatic heterocycles.